The van der Waals surface area contributed by atoms with Gasteiger partial charge in [-0.2, -0.15) is 0 Å². The molecule has 2 aliphatic heterocycles. The monoisotopic (exact) mass is 816 g/mol. The number of likely N-dealkylation sites (N-methyl/N-ethyl adjacent to an activating group) is 1. The zero-order valence-electron chi connectivity index (χ0n) is 35.6. The van der Waals surface area contributed by atoms with Crippen molar-refractivity contribution in [2.75, 3.05) is 14.2 Å². The number of nitrogens with one attached hydrogen (secondary N) is 3. The number of ether oxygens (including phenoxy) is 1. The average Bonchev–Trinajstić information content (AvgIpc) is 4.06. The van der Waals surface area contributed by atoms with Crippen LogP contribution >= 0.6 is 0 Å². The van der Waals surface area contributed by atoms with Crippen LogP contribution in [0, 0.1) is 11.8 Å². The maximum Gasteiger partial charge on any atom is 0.407 e. The molecule has 2 aromatic heterocycles. The van der Waals surface area contributed by atoms with E-state index in [0.29, 0.717) is 5.82 Å². The number of rotatable bonds is 11. The third-order valence-electron chi connectivity index (χ3n) is 12.3. The lowest BCUT2D eigenvalue weighted by Gasteiger charge is -2.36. The predicted molar refractivity (Wildman–Crippen MR) is 230 cm³/mol. The molecule has 14 heteroatoms. The summed E-state index contributed by atoms with van der Waals surface area (Å²) in [5.41, 5.74) is 5.61. The quantitative estimate of drug-likeness (QED) is 0.103. The average molecular weight is 817 g/mol. The zero-order valence-corrected chi connectivity index (χ0v) is 35.6. The SMILES string of the molecule is COC(=O)N[C@H](C(=O)N1C(C)CCC1c1nc(-c2ccc3cc(-c4ccc(-c5c[nH]c([C@@H]6CC[C@H](C)N6C(=O)[C@H](C(C)C)N(C)C(=O)O)n5)cc4)ccc3c2)c[nH]1)C(C)C. The molecule has 14 nitrogen and oxygen atoms in total. The molecule has 0 aliphatic carbocycles. The molecule has 0 spiro atoms. The number of benzene rings is 3. The molecule has 2 unspecified atom stereocenters. The summed E-state index contributed by atoms with van der Waals surface area (Å²) in [5, 5.41) is 14.6. The fourth-order valence-electron chi connectivity index (χ4n) is 9.01. The van der Waals surface area contributed by atoms with E-state index in [4.69, 9.17) is 14.7 Å². The Morgan fingerprint density at radius 1 is 0.717 bits per heavy atom. The van der Waals surface area contributed by atoms with E-state index in [9.17, 15) is 24.3 Å². The van der Waals surface area contributed by atoms with Crippen LogP contribution in [0.4, 0.5) is 9.59 Å². The summed E-state index contributed by atoms with van der Waals surface area (Å²) in [6, 6.07) is 18.9. The van der Waals surface area contributed by atoms with Crippen molar-refractivity contribution in [2.45, 2.75) is 103 Å². The van der Waals surface area contributed by atoms with Crippen LogP contribution in [0.5, 0.6) is 0 Å². The van der Waals surface area contributed by atoms with Gasteiger partial charge in [-0.05, 0) is 85.4 Å². The summed E-state index contributed by atoms with van der Waals surface area (Å²) in [6.07, 6.45) is 5.15. The number of aromatic nitrogens is 4. The minimum absolute atomic E-state index is 0.00348. The first-order valence-corrected chi connectivity index (χ1v) is 20.9. The molecule has 3 aromatic carbocycles. The molecular formula is C46H56N8O6. The predicted octanol–water partition coefficient (Wildman–Crippen LogP) is 8.41. The second-order valence-electron chi connectivity index (χ2n) is 17.0. The summed E-state index contributed by atoms with van der Waals surface area (Å²) in [7, 11) is 2.75. The van der Waals surface area contributed by atoms with Crippen molar-refractivity contribution >= 4 is 34.8 Å². The van der Waals surface area contributed by atoms with Crippen LogP contribution in [0.1, 0.15) is 91.0 Å². The normalized spacial score (nSPS) is 20.2. The Hall–Kier alpha value is -6.18. The maximum absolute atomic E-state index is 13.8. The number of carbonyl (C=O) groups excluding carboxylic acids is 3. The summed E-state index contributed by atoms with van der Waals surface area (Å²) in [5.74, 6) is 0.773. The lowest BCUT2D eigenvalue weighted by Crippen LogP contribution is -2.53. The number of aromatic amines is 2. The summed E-state index contributed by atoms with van der Waals surface area (Å²) in [4.78, 5) is 72.9. The number of carbonyl (C=O) groups is 4. The van der Waals surface area contributed by atoms with Crippen molar-refractivity contribution in [3.8, 4) is 33.6 Å². The number of hydrogen-bond donors (Lipinski definition) is 4. The summed E-state index contributed by atoms with van der Waals surface area (Å²) in [6.45, 7) is 11.6. The van der Waals surface area contributed by atoms with E-state index < -0.39 is 24.3 Å². The first-order valence-electron chi connectivity index (χ1n) is 20.9. The maximum atomic E-state index is 13.8. The van der Waals surface area contributed by atoms with Crippen LogP contribution in [0.25, 0.3) is 44.4 Å². The summed E-state index contributed by atoms with van der Waals surface area (Å²) >= 11 is 0. The number of hydrogen-bond acceptors (Lipinski definition) is 7. The highest BCUT2D eigenvalue weighted by Gasteiger charge is 2.43. The molecule has 4 N–H and O–H groups in total. The standard InChI is InChI=1S/C46H56N8O6/c1-25(2)39(51-45(57)60-8)43(55)53-27(5)9-19-37(53)41-48-24-36(50-41)34-18-17-32-21-31(15-16-33(32)22-34)29-11-13-30(14-12-29)35-23-47-42(49-35)38-20-10-28(6)54(38)44(56)40(26(3)4)52(7)46(58)59/h11-18,21-28,37-40H,9-10,19-20H2,1-8H3,(H,47,49)(H,48,50)(H,51,57)(H,58,59)/t27?,28-,37?,38-,39-,40-/m0/s1. The zero-order chi connectivity index (χ0) is 43.0. The van der Waals surface area contributed by atoms with Crippen LogP contribution < -0.4 is 5.32 Å². The van der Waals surface area contributed by atoms with Crippen molar-refractivity contribution in [2.24, 2.45) is 11.8 Å². The Bertz CT molecular complexity index is 2370. The molecule has 0 radical (unpaired) electrons. The Morgan fingerprint density at radius 2 is 1.20 bits per heavy atom. The van der Waals surface area contributed by atoms with Crippen molar-refractivity contribution in [1.29, 1.82) is 0 Å². The molecule has 2 aliphatic rings. The Kier molecular flexibility index (Phi) is 12.0. The molecule has 2 saturated heterocycles. The number of likely N-dealkylation sites (tertiary alicyclic amines) is 2. The van der Waals surface area contributed by atoms with Gasteiger partial charge in [0.1, 0.15) is 23.7 Å². The van der Waals surface area contributed by atoms with Gasteiger partial charge in [-0.3, -0.25) is 14.5 Å². The third kappa shape index (κ3) is 8.19. The molecule has 316 valence electrons. The number of imidazole rings is 2. The van der Waals surface area contributed by atoms with Gasteiger partial charge in [-0.1, -0.05) is 76.2 Å². The number of fused-ring (bicyclic) bond motifs is 1. The second-order valence-corrected chi connectivity index (χ2v) is 17.0. The highest BCUT2D eigenvalue weighted by atomic mass is 16.5. The van der Waals surface area contributed by atoms with Crippen molar-refractivity contribution < 1.29 is 29.0 Å². The van der Waals surface area contributed by atoms with Crippen LogP contribution in [-0.4, -0.2) is 102 Å². The van der Waals surface area contributed by atoms with E-state index in [-0.39, 0.29) is 47.8 Å². The van der Waals surface area contributed by atoms with Gasteiger partial charge in [0.25, 0.3) is 0 Å². The molecule has 4 amide bonds. The lowest BCUT2D eigenvalue weighted by atomic mass is 9.98. The van der Waals surface area contributed by atoms with Gasteiger partial charge in [0.2, 0.25) is 11.8 Å². The molecule has 7 rings (SSSR count). The van der Waals surface area contributed by atoms with Crippen molar-refractivity contribution in [1.82, 2.24) is 40.0 Å². The summed E-state index contributed by atoms with van der Waals surface area (Å²) < 4.78 is 4.79. The number of methoxy groups -OCH3 is 1. The molecule has 0 saturated carbocycles. The van der Waals surface area contributed by atoms with Gasteiger partial charge in [-0.25, -0.2) is 19.6 Å². The molecule has 0 bridgehead atoms. The van der Waals surface area contributed by atoms with E-state index in [1.807, 2.05) is 75.9 Å². The van der Waals surface area contributed by atoms with E-state index in [2.05, 4.69) is 63.8 Å². The minimum atomic E-state index is -1.13. The number of H-pyrrole nitrogens is 2. The number of nitrogens with zero attached hydrogens (tertiary/aromatic N) is 5. The Morgan fingerprint density at radius 3 is 1.72 bits per heavy atom. The Labute approximate surface area is 350 Å². The number of amides is 4. The second kappa shape index (κ2) is 17.2. The van der Waals surface area contributed by atoms with Gasteiger partial charge < -0.3 is 34.9 Å². The van der Waals surface area contributed by atoms with E-state index >= 15 is 0 Å². The van der Waals surface area contributed by atoms with Gasteiger partial charge in [0.15, 0.2) is 0 Å². The number of carboxylic acid groups (broad SMARTS) is 1. The molecule has 6 atom stereocenters. The fourth-order valence-corrected chi connectivity index (χ4v) is 9.01. The van der Waals surface area contributed by atoms with Gasteiger partial charge in [-0.15, -0.1) is 0 Å². The largest absolute Gasteiger partial charge is 0.465 e. The first kappa shape index (κ1) is 42.0. The molecule has 2 fully saturated rings. The Balaban J connectivity index is 1.05. The molecule has 5 aromatic rings. The highest BCUT2D eigenvalue weighted by molar-refractivity contribution is 5.91. The topological polar surface area (TPSA) is 177 Å². The number of alkyl carbamates (subject to hydrolysis) is 1. The van der Waals surface area contributed by atoms with Crippen molar-refractivity contribution in [3.05, 3.63) is 84.7 Å². The van der Waals surface area contributed by atoms with Crippen LogP contribution in [0.15, 0.2) is 73.1 Å². The van der Waals surface area contributed by atoms with Crippen LogP contribution in [-0.2, 0) is 14.3 Å². The third-order valence-corrected chi connectivity index (χ3v) is 12.3. The van der Waals surface area contributed by atoms with Crippen molar-refractivity contribution in [3.63, 3.8) is 0 Å². The smallest absolute Gasteiger partial charge is 0.407 e. The van der Waals surface area contributed by atoms with Crippen LogP contribution in [0.3, 0.4) is 0 Å². The van der Waals surface area contributed by atoms with Crippen LogP contribution in [0.2, 0.25) is 0 Å². The van der Waals surface area contributed by atoms with Gasteiger partial charge in [0.05, 0.1) is 30.6 Å². The van der Waals surface area contributed by atoms with E-state index in [1.165, 1.54) is 14.2 Å². The first-order chi connectivity index (χ1) is 28.7. The van der Waals surface area contributed by atoms with Gasteiger partial charge in [0, 0.05) is 42.7 Å². The van der Waals surface area contributed by atoms with E-state index in [0.717, 1.165) is 80.8 Å². The van der Waals surface area contributed by atoms with Gasteiger partial charge >= 0.3 is 12.2 Å². The highest BCUT2D eigenvalue weighted by Crippen LogP contribution is 2.39. The fraction of sp³-hybridized carbons (Fsp3) is 0.435. The molecular weight excluding hydrogens is 761 g/mol. The molecule has 60 heavy (non-hydrogen) atoms. The lowest BCUT2D eigenvalue weighted by molar-refractivity contribution is -0.140. The van der Waals surface area contributed by atoms with E-state index in [1.54, 1.807) is 0 Å². The minimum Gasteiger partial charge on any atom is -0.465 e. The molecule has 4 heterocycles.